The topological polar surface area (TPSA) is 72.9 Å². The lowest BCUT2D eigenvalue weighted by molar-refractivity contribution is -0.137. The van der Waals surface area contributed by atoms with E-state index in [4.69, 9.17) is 17.3 Å². The number of tetrazole rings is 1. The van der Waals surface area contributed by atoms with E-state index in [1.165, 1.54) is 12.1 Å². The lowest BCUT2D eigenvalue weighted by atomic mass is 9.90. The van der Waals surface area contributed by atoms with Crippen molar-refractivity contribution in [3.63, 3.8) is 0 Å². The van der Waals surface area contributed by atoms with Crippen molar-refractivity contribution in [2.24, 2.45) is 11.1 Å². The maximum Gasteiger partial charge on any atom is 0.418 e. The molecule has 0 radical (unpaired) electrons. The molecule has 3 rings (SSSR count). The third kappa shape index (κ3) is 4.28. The lowest BCUT2D eigenvalue weighted by Gasteiger charge is -2.22. The molecule has 0 bridgehead atoms. The van der Waals surface area contributed by atoms with Crippen molar-refractivity contribution in [2.75, 3.05) is 19.6 Å². The molecule has 26 heavy (non-hydrogen) atoms. The largest absolute Gasteiger partial charge is 0.418 e. The lowest BCUT2D eigenvalue weighted by Crippen LogP contribution is -2.31. The van der Waals surface area contributed by atoms with Gasteiger partial charge in [-0.1, -0.05) is 18.5 Å². The molecule has 2 N–H and O–H groups in total. The highest BCUT2D eigenvalue weighted by molar-refractivity contribution is 6.30. The summed E-state index contributed by atoms with van der Waals surface area (Å²) in [7, 11) is 0. The summed E-state index contributed by atoms with van der Waals surface area (Å²) >= 11 is 5.73. The molecule has 2 aromatic rings. The SMILES string of the molecule is CC1(CN)CCN(Cc2nnnn2-c2ccc(Cl)cc2C(F)(F)F)C1.Cl. The molecular weight excluding hydrogens is 392 g/mol. The van der Waals surface area contributed by atoms with E-state index in [-0.39, 0.29) is 28.5 Å². The van der Waals surface area contributed by atoms with Crippen molar-refractivity contribution in [1.29, 1.82) is 0 Å². The Kier molecular flexibility index (Phi) is 6.17. The Hall–Kier alpha value is -1.42. The highest BCUT2D eigenvalue weighted by Crippen LogP contribution is 2.36. The van der Waals surface area contributed by atoms with Gasteiger partial charge < -0.3 is 5.73 Å². The molecule has 1 aromatic carbocycles. The van der Waals surface area contributed by atoms with Crippen LogP contribution >= 0.6 is 24.0 Å². The summed E-state index contributed by atoms with van der Waals surface area (Å²) < 4.78 is 41.1. The Morgan fingerprint density at radius 2 is 2.08 bits per heavy atom. The van der Waals surface area contributed by atoms with Crippen molar-refractivity contribution in [3.8, 4) is 5.69 Å². The van der Waals surface area contributed by atoms with Crippen LogP contribution in [0.1, 0.15) is 24.7 Å². The predicted molar refractivity (Wildman–Crippen MR) is 93.5 cm³/mol. The van der Waals surface area contributed by atoms with Crippen LogP contribution in [0.15, 0.2) is 18.2 Å². The smallest absolute Gasteiger partial charge is 0.330 e. The Bertz CT molecular complexity index is 766. The molecule has 0 saturated carbocycles. The Labute approximate surface area is 159 Å². The minimum atomic E-state index is -4.56. The summed E-state index contributed by atoms with van der Waals surface area (Å²) in [6.45, 7) is 4.56. The van der Waals surface area contributed by atoms with E-state index < -0.39 is 11.7 Å². The number of hydrogen-bond acceptors (Lipinski definition) is 5. The Balaban J connectivity index is 0.00000243. The van der Waals surface area contributed by atoms with Gasteiger partial charge in [-0.15, -0.1) is 17.5 Å². The van der Waals surface area contributed by atoms with E-state index >= 15 is 0 Å². The van der Waals surface area contributed by atoms with Gasteiger partial charge in [0.1, 0.15) is 0 Å². The molecule has 0 aliphatic carbocycles. The van der Waals surface area contributed by atoms with Crippen LogP contribution in [0.5, 0.6) is 0 Å². The molecule has 0 amide bonds. The summed E-state index contributed by atoms with van der Waals surface area (Å²) in [6.07, 6.45) is -3.63. The number of likely N-dealkylation sites (tertiary alicyclic amines) is 1. The maximum atomic E-state index is 13.3. The minimum absolute atomic E-state index is 0. The molecule has 1 atom stereocenters. The van der Waals surface area contributed by atoms with Gasteiger partial charge in [-0.05, 0) is 53.6 Å². The Morgan fingerprint density at radius 3 is 2.69 bits per heavy atom. The van der Waals surface area contributed by atoms with Gasteiger partial charge in [0.2, 0.25) is 0 Å². The van der Waals surface area contributed by atoms with Gasteiger partial charge in [0.05, 0.1) is 17.8 Å². The van der Waals surface area contributed by atoms with Crippen LogP contribution in [0.3, 0.4) is 0 Å². The zero-order chi connectivity index (χ0) is 18.2. The first-order chi connectivity index (χ1) is 11.7. The fraction of sp³-hybridized carbons (Fsp3) is 0.533. The summed E-state index contributed by atoms with van der Waals surface area (Å²) in [5, 5.41) is 11.2. The van der Waals surface area contributed by atoms with Crippen molar-refractivity contribution in [3.05, 3.63) is 34.6 Å². The average Bonchev–Trinajstić information content (AvgIpc) is 3.14. The number of aromatic nitrogens is 4. The summed E-state index contributed by atoms with van der Waals surface area (Å²) in [4.78, 5) is 2.10. The van der Waals surface area contributed by atoms with Crippen LogP contribution in [0.2, 0.25) is 5.02 Å². The van der Waals surface area contributed by atoms with Crippen LogP contribution in [0.25, 0.3) is 5.69 Å². The number of halogens is 5. The standard InChI is InChI=1S/C15H18ClF3N6.ClH/c1-14(8-20)4-5-24(9-14)7-13-21-22-23-25(13)12-3-2-10(16)6-11(12)15(17,18)19;/h2-3,6H,4-5,7-9,20H2,1H3;1H. The second kappa shape index (κ2) is 7.67. The van der Waals surface area contributed by atoms with Gasteiger partial charge in [-0.25, -0.2) is 0 Å². The van der Waals surface area contributed by atoms with Gasteiger partial charge in [-0.2, -0.15) is 17.9 Å². The van der Waals surface area contributed by atoms with E-state index in [1.54, 1.807) is 0 Å². The zero-order valence-electron chi connectivity index (χ0n) is 14.0. The number of nitrogens with two attached hydrogens (primary N) is 1. The molecule has 1 saturated heterocycles. The van der Waals surface area contributed by atoms with Gasteiger partial charge >= 0.3 is 6.18 Å². The number of hydrogen-bond donors (Lipinski definition) is 1. The molecule has 1 fully saturated rings. The first-order valence-electron chi connectivity index (χ1n) is 7.79. The second-order valence-electron chi connectivity index (χ2n) is 6.64. The van der Waals surface area contributed by atoms with E-state index in [0.29, 0.717) is 18.9 Å². The molecule has 6 nitrogen and oxygen atoms in total. The normalized spacial score (nSPS) is 21.0. The highest BCUT2D eigenvalue weighted by atomic mass is 35.5. The predicted octanol–water partition coefficient (Wildman–Crippen LogP) is 2.93. The fourth-order valence-corrected chi connectivity index (χ4v) is 3.21. The first kappa shape index (κ1) is 20.9. The minimum Gasteiger partial charge on any atom is -0.330 e. The molecule has 1 unspecified atom stereocenters. The molecule has 1 aromatic heterocycles. The molecule has 1 aliphatic rings. The van der Waals surface area contributed by atoms with Crippen LogP contribution in [-0.4, -0.2) is 44.7 Å². The number of alkyl halides is 3. The van der Waals surface area contributed by atoms with Gasteiger partial charge in [0.15, 0.2) is 5.82 Å². The summed E-state index contributed by atoms with van der Waals surface area (Å²) in [5.74, 6) is 0.342. The first-order valence-corrected chi connectivity index (χ1v) is 8.16. The maximum absolute atomic E-state index is 13.3. The van der Waals surface area contributed by atoms with Crippen LogP contribution in [0.4, 0.5) is 13.2 Å². The molecule has 0 spiro atoms. The monoisotopic (exact) mass is 410 g/mol. The van der Waals surface area contributed by atoms with Crippen molar-refractivity contribution >= 4 is 24.0 Å². The van der Waals surface area contributed by atoms with Crippen molar-refractivity contribution in [1.82, 2.24) is 25.1 Å². The Morgan fingerprint density at radius 1 is 1.35 bits per heavy atom. The number of benzene rings is 1. The quantitative estimate of drug-likeness (QED) is 0.838. The molecule has 2 heterocycles. The molecule has 11 heteroatoms. The van der Waals surface area contributed by atoms with E-state index in [9.17, 15) is 13.2 Å². The number of rotatable bonds is 4. The van der Waals surface area contributed by atoms with Crippen molar-refractivity contribution in [2.45, 2.75) is 26.1 Å². The summed E-state index contributed by atoms with van der Waals surface area (Å²) in [5.41, 5.74) is 4.79. The van der Waals surface area contributed by atoms with Crippen LogP contribution < -0.4 is 5.73 Å². The average molecular weight is 411 g/mol. The van der Waals surface area contributed by atoms with Crippen molar-refractivity contribution < 1.29 is 13.2 Å². The molecule has 1 aliphatic heterocycles. The van der Waals surface area contributed by atoms with E-state index in [0.717, 1.165) is 30.3 Å². The highest BCUT2D eigenvalue weighted by Gasteiger charge is 2.36. The third-order valence-electron chi connectivity index (χ3n) is 4.52. The van der Waals surface area contributed by atoms with Gasteiger partial charge in [-0.3, -0.25) is 4.90 Å². The third-order valence-corrected chi connectivity index (χ3v) is 4.76. The van der Waals surface area contributed by atoms with E-state index in [2.05, 4.69) is 27.3 Å². The molecule has 144 valence electrons. The second-order valence-corrected chi connectivity index (χ2v) is 7.08. The number of nitrogens with zero attached hydrogens (tertiary/aromatic N) is 5. The fourth-order valence-electron chi connectivity index (χ4n) is 3.04. The zero-order valence-corrected chi connectivity index (χ0v) is 15.6. The van der Waals surface area contributed by atoms with Crippen LogP contribution in [-0.2, 0) is 12.7 Å². The van der Waals surface area contributed by atoms with Gasteiger partial charge in [0, 0.05) is 11.6 Å². The summed E-state index contributed by atoms with van der Waals surface area (Å²) in [6, 6.07) is 3.54. The van der Waals surface area contributed by atoms with Crippen LogP contribution in [0, 0.1) is 5.41 Å². The van der Waals surface area contributed by atoms with E-state index in [1.807, 2.05) is 0 Å². The van der Waals surface area contributed by atoms with Gasteiger partial charge in [0.25, 0.3) is 0 Å². The molecular formula is C15H19Cl2F3N6.